The Morgan fingerprint density at radius 3 is 2.78 bits per heavy atom. The molecule has 1 aliphatic heterocycles. The molecule has 1 saturated heterocycles. The van der Waals surface area contributed by atoms with Crippen LogP contribution in [0.5, 0.6) is 0 Å². The van der Waals surface area contributed by atoms with Gasteiger partial charge in [-0.25, -0.2) is 8.42 Å². The van der Waals surface area contributed by atoms with Crippen LogP contribution in [0.4, 0.5) is 0 Å². The van der Waals surface area contributed by atoms with Gasteiger partial charge in [-0.2, -0.15) is 4.31 Å². The van der Waals surface area contributed by atoms with Crippen molar-refractivity contribution in [3.05, 3.63) is 15.9 Å². The predicted octanol–water partition coefficient (Wildman–Crippen LogP) is 2.05. The Labute approximate surface area is 121 Å². The summed E-state index contributed by atoms with van der Waals surface area (Å²) in [6.45, 7) is 1.70. The second kappa shape index (κ2) is 5.12. The number of hydrogen-bond acceptors (Lipinski definition) is 5. The molecule has 0 aromatic carbocycles. The Morgan fingerprint density at radius 1 is 1.61 bits per heavy atom. The summed E-state index contributed by atoms with van der Waals surface area (Å²) in [5.41, 5.74) is 0. The van der Waals surface area contributed by atoms with Crippen molar-refractivity contribution >= 4 is 55.0 Å². The number of thioether (sulfide) groups is 1. The lowest BCUT2D eigenvalue weighted by Gasteiger charge is -2.23. The lowest BCUT2D eigenvalue weighted by atomic mass is 10.3. The van der Waals surface area contributed by atoms with E-state index in [1.54, 1.807) is 18.4 Å². The van der Waals surface area contributed by atoms with Crippen molar-refractivity contribution in [3.63, 3.8) is 0 Å². The number of carbonyl (C=O) groups is 1. The molecule has 0 radical (unpaired) electrons. The Morgan fingerprint density at radius 2 is 2.28 bits per heavy atom. The van der Waals surface area contributed by atoms with Gasteiger partial charge in [0, 0.05) is 10.2 Å². The molecule has 100 valence electrons. The monoisotopic (exact) mass is 371 g/mol. The molecule has 5 nitrogen and oxygen atoms in total. The number of carboxylic acid groups (broad SMARTS) is 1. The fourth-order valence-corrected chi connectivity index (χ4v) is 7.43. The molecule has 18 heavy (non-hydrogen) atoms. The van der Waals surface area contributed by atoms with E-state index in [2.05, 4.69) is 15.9 Å². The average molecular weight is 372 g/mol. The van der Waals surface area contributed by atoms with E-state index in [0.29, 0.717) is 4.47 Å². The van der Waals surface area contributed by atoms with Gasteiger partial charge in [-0.05, 0) is 34.3 Å². The standard InChI is InChI=1S/C9H10BrNO4S3/c1-5-11(7(4-17-5)8(12)13)18(14,15)9-6(10)2-3-16-9/h2-3,5,7H,4H2,1H3,(H,12,13). The Kier molecular flexibility index (Phi) is 4.07. The van der Waals surface area contributed by atoms with Crippen molar-refractivity contribution in [1.29, 1.82) is 0 Å². The van der Waals surface area contributed by atoms with E-state index in [1.165, 1.54) is 11.8 Å². The fourth-order valence-electron chi connectivity index (χ4n) is 1.73. The number of rotatable bonds is 3. The van der Waals surface area contributed by atoms with Gasteiger partial charge in [0.15, 0.2) is 0 Å². The summed E-state index contributed by atoms with van der Waals surface area (Å²) in [5, 5.41) is 10.4. The van der Waals surface area contributed by atoms with Crippen LogP contribution in [-0.4, -0.2) is 41.0 Å². The van der Waals surface area contributed by atoms with E-state index in [1.807, 2.05) is 0 Å². The molecule has 1 N–H and O–H groups in total. The van der Waals surface area contributed by atoms with Crippen molar-refractivity contribution < 1.29 is 18.3 Å². The maximum Gasteiger partial charge on any atom is 0.322 e. The first kappa shape index (κ1) is 14.3. The van der Waals surface area contributed by atoms with Gasteiger partial charge in [-0.1, -0.05) is 0 Å². The highest BCUT2D eigenvalue weighted by atomic mass is 79.9. The second-order valence-corrected chi connectivity index (χ2v) is 8.84. The number of aliphatic carboxylic acids is 1. The average Bonchev–Trinajstić information content (AvgIpc) is 2.84. The molecule has 2 unspecified atom stereocenters. The Bertz CT molecular complexity index is 570. The van der Waals surface area contributed by atoms with Crippen LogP contribution < -0.4 is 0 Å². The van der Waals surface area contributed by atoms with Crippen LogP contribution in [0, 0.1) is 0 Å². The molecular weight excluding hydrogens is 362 g/mol. The molecule has 1 aromatic heterocycles. The molecule has 2 rings (SSSR count). The van der Waals surface area contributed by atoms with Crippen LogP contribution in [0.15, 0.2) is 20.1 Å². The fraction of sp³-hybridized carbons (Fsp3) is 0.444. The third-order valence-corrected chi connectivity index (χ3v) is 8.52. The van der Waals surface area contributed by atoms with Gasteiger partial charge >= 0.3 is 5.97 Å². The molecule has 2 atom stereocenters. The molecule has 0 spiro atoms. The first-order chi connectivity index (χ1) is 8.35. The molecule has 1 fully saturated rings. The highest BCUT2D eigenvalue weighted by Gasteiger charge is 2.45. The van der Waals surface area contributed by atoms with Crippen LogP contribution >= 0.6 is 39.0 Å². The molecule has 1 aromatic rings. The molecular formula is C9H10BrNO4S3. The van der Waals surface area contributed by atoms with Crippen LogP contribution in [0.2, 0.25) is 0 Å². The third-order valence-electron chi connectivity index (χ3n) is 2.54. The maximum atomic E-state index is 12.5. The number of hydrogen-bond donors (Lipinski definition) is 1. The third kappa shape index (κ3) is 2.34. The minimum Gasteiger partial charge on any atom is -0.480 e. The number of sulfonamides is 1. The summed E-state index contributed by atoms with van der Waals surface area (Å²) in [5.74, 6) is -0.832. The summed E-state index contributed by atoms with van der Waals surface area (Å²) in [6, 6.07) is 0.644. The van der Waals surface area contributed by atoms with Gasteiger partial charge in [-0.15, -0.1) is 23.1 Å². The summed E-state index contributed by atoms with van der Waals surface area (Å²) < 4.78 is 26.7. The number of carboxylic acids is 1. The largest absolute Gasteiger partial charge is 0.480 e. The van der Waals surface area contributed by atoms with Crippen molar-refractivity contribution in [1.82, 2.24) is 4.31 Å². The second-order valence-electron chi connectivity index (χ2n) is 3.68. The normalized spacial score (nSPS) is 25.4. The summed E-state index contributed by atoms with van der Waals surface area (Å²) in [6.07, 6.45) is 0. The van der Waals surface area contributed by atoms with E-state index < -0.39 is 22.0 Å². The quantitative estimate of drug-likeness (QED) is 0.879. The zero-order valence-corrected chi connectivity index (χ0v) is 13.3. The Hall–Kier alpha value is -0.0900. The summed E-state index contributed by atoms with van der Waals surface area (Å²) >= 11 is 5.58. The zero-order chi connectivity index (χ0) is 13.5. The topological polar surface area (TPSA) is 74.7 Å². The SMILES string of the molecule is CC1SCC(C(=O)O)N1S(=O)(=O)c1sccc1Br. The van der Waals surface area contributed by atoms with Gasteiger partial charge in [0.1, 0.15) is 10.3 Å². The van der Waals surface area contributed by atoms with Crippen LogP contribution in [0.3, 0.4) is 0 Å². The van der Waals surface area contributed by atoms with Gasteiger partial charge in [0.2, 0.25) is 0 Å². The predicted molar refractivity (Wildman–Crippen MR) is 74.4 cm³/mol. The van der Waals surface area contributed by atoms with Crippen LogP contribution in [0.1, 0.15) is 6.92 Å². The zero-order valence-electron chi connectivity index (χ0n) is 9.24. The molecule has 0 bridgehead atoms. The van der Waals surface area contributed by atoms with Crippen molar-refractivity contribution in [2.24, 2.45) is 0 Å². The Balaban J connectivity index is 2.46. The van der Waals surface area contributed by atoms with Crippen LogP contribution in [-0.2, 0) is 14.8 Å². The molecule has 2 heterocycles. The lowest BCUT2D eigenvalue weighted by Crippen LogP contribution is -2.44. The minimum atomic E-state index is -3.77. The molecule has 1 aliphatic rings. The number of nitrogens with zero attached hydrogens (tertiary/aromatic N) is 1. The highest BCUT2D eigenvalue weighted by molar-refractivity contribution is 9.10. The van der Waals surface area contributed by atoms with Crippen LogP contribution in [0.25, 0.3) is 0 Å². The van der Waals surface area contributed by atoms with E-state index in [0.717, 1.165) is 15.6 Å². The van der Waals surface area contributed by atoms with Gasteiger partial charge in [0.05, 0.1) is 5.37 Å². The molecule has 0 aliphatic carbocycles. The van der Waals surface area contributed by atoms with E-state index in [4.69, 9.17) is 5.11 Å². The van der Waals surface area contributed by atoms with Gasteiger partial charge in [0.25, 0.3) is 10.0 Å². The van der Waals surface area contributed by atoms with Crippen molar-refractivity contribution in [3.8, 4) is 0 Å². The highest BCUT2D eigenvalue weighted by Crippen LogP contribution is 2.38. The smallest absolute Gasteiger partial charge is 0.322 e. The maximum absolute atomic E-state index is 12.5. The number of halogens is 1. The lowest BCUT2D eigenvalue weighted by molar-refractivity contribution is -0.140. The molecule has 9 heteroatoms. The minimum absolute atomic E-state index is 0.156. The van der Waals surface area contributed by atoms with E-state index >= 15 is 0 Å². The van der Waals surface area contributed by atoms with E-state index in [9.17, 15) is 13.2 Å². The van der Waals surface area contributed by atoms with Gasteiger partial charge in [-0.3, -0.25) is 4.79 Å². The number of thiophene rings is 1. The van der Waals surface area contributed by atoms with Gasteiger partial charge < -0.3 is 5.11 Å². The van der Waals surface area contributed by atoms with E-state index in [-0.39, 0.29) is 15.3 Å². The van der Waals surface area contributed by atoms with Crippen molar-refractivity contribution in [2.75, 3.05) is 5.75 Å². The summed E-state index contributed by atoms with van der Waals surface area (Å²) in [7, 11) is -3.77. The molecule has 0 amide bonds. The summed E-state index contributed by atoms with van der Waals surface area (Å²) in [4.78, 5) is 11.1. The van der Waals surface area contributed by atoms with Crippen molar-refractivity contribution in [2.45, 2.75) is 22.5 Å². The first-order valence-electron chi connectivity index (χ1n) is 4.96. The first-order valence-corrected chi connectivity index (χ1v) is 9.13. The molecule has 0 saturated carbocycles.